The van der Waals surface area contributed by atoms with Gasteiger partial charge in [-0.1, -0.05) is 25.4 Å². The lowest BCUT2D eigenvalue weighted by atomic mass is 10.1. The molecule has 0 heterocycles. The Balaban J connectivity index is 3.02. The zero-order chi connectivity index (χ0) is 17.8. The number of carbonyl (C=O) groups is 1. The second-order valence-electron chi connectivity index (χ2n) is 6.94. The van der Waals surface area contributed by atoms with E-state index in [9.17, 15) is 13.2 Å². The summed E-state index contributed by atoms with van der Waals surface area (Å²) in [6, 6.07) is 4.25. The van der Waals surface area contributed by atoms with Gasteiger partial charge >= 0.3 is 0 Å². The van der Waals surface area contributed by atoms with Gasteiger partial charge in [-0.15, -0.1) is 0 Å². The third-order valence-electron chi connectivity index (χ3n) is 2.93. The van der Waals surface area contributed by atoms with E-state index in [0.717, 1.165) is 6.42 Å². The molecule has 0 saturated heterocycles. The van der Waals surface area contributed by atoms with Gasteiger partial charge in [0.2, 0.25) is 10.0 Å². The summed E-state index contributed by atoms with van der Waals surface area (Å²) < 4.78 is 27.4. The number of halogens is 1. The highest BCUT2D eigenvalue weighted by molar-refractivity contribution is 7.89. The topological polar surface area (TPSA) is 75.3 Å². The molecule has 0 saturated carbocycles. The summed E-state index contributed by atoms with van der Waals surface area (Å²) in [5, 5.41) is 2.86. The molecule has 0 atom stereocenters. The Bertz CT molecular complexity index is 664. The first-order chi connectivity index (χ1) is 10.4. The van der Waals surface area contributed by atoms with Crippen molar-refractivity contribution < 1.29 is 13.2 Å². The summed E-state index contributed by atoms with van der Waals surface area (Å²) in [7, 11) is -3.80. The van der Waals surface area contributed by atoms with E-state index in [1.807, 2.05) is 0 Å². The maximum atomic E-state index is 12.4. The standard InChI is InChI=1S/C16H25ClN2O3S/c1-11(2)8-9-18-15(20)12-6-7-13(17)14(10-12)23(21,22)19-16(3,4)5/h6-7,10-11,19H,8-9H2,1-5H3,(H,18,20). The molecule has 0 aliphatic heterocycles. The predicted octanol–water partition coefficient (Wildman–Crippen LogP) is 3.19. The number of benzene rings is 1. The van der Waals surface area contributed by atoms with Crippen LogP contribution in [0.15, 0.2) is 23.1 Å². The van der Waals surface area contributed by atoms with Gasteiger partial charge in [0.1, 0.15) is 4.90 Å². The monoisotopic (exact) mass is 360 g/mol. The molecule has 0 aliphatic rings. The maximum absolute atomic E-state index is 12.4. The van der Waals surface area contributed by atoms with Crippen molar-refractivity contribution in [3.05, 3.63) is 28.8 Å². The van der Waals surface area contributed by atoms with Crippen LogP contribution < -0.4 is 10.0 Å². The van der Waals surface area contributed by atoms with Gasteiger partial charge < -0.3 is 5.32 Å². The lowest BCUT2D eigenvalue weighted by molar-refractivity contribution is 0.0952. The molecule has 2 N–H and O–H groups in total. The minimum absolute atomic E-state index is 0.0838. The molecule has 1 aromatic rings. The van der Waals surface area contributed by atoms with E-state index < -0.39 is 15.6 Å². The predicted molar refractivity (Wildman–Crippen MR) is 93.3 cm³/mol. The second kappa shape index (κ2) is 7.64. The van der Waals surface area contributed by atoms with Crippen LogP contribution in [0.2, 0.25) is 5.02 Å². The van der Waals surface area contributed by atoms with Gasteiger partial charge in [-0.3, -0.25) is 4.79 Å². The Hall–Kier alpha value is -1.11. The van der Waals surface area contributed by atoms with Crippen LogP contribution in [0.3, 0.4) is 0 Å². The van der Waals surface area contributed by atoms with Gasteiger partial charge in [0.15, 0.2) is 0 Å². The van der Waals surface area contributed by atoms with Crippen LogP contribution in [-0.2, 0) is 10.0 Å². The van der Waals surface area contributed by atoms with Crippen LogP contribution in [0, 0.1) is 5.92 Å². The van der Waals surface area contributed by atoms with E-state index in [4.69, 9.17) is 11.6 Å². The van der Waals surface area contributed by atoms with Crippen molar-refractivity contribution in [2.45, 2.75) is 51.5 Å². The molecular weight excluding hydrogens is 336 g/mol. The third-order valence-corrected chi connectivity index (χ3v) is 5.17. The van der Waals surface area contributed by atoms with Crippen LogP contribution in [0.5, 0.6) is 0 Å². The first-order valence-corrected chi connectivity index (χ1v) is 9.40. The van der Waals surface area contributed by atoms with Crippen molar-refractivity contribution in [3.8, 4) is 0 Å². The summed E-state index contributed by atoms with van der Waals surface area (Å²) in [5.74, 6) is 0.168. The summed E-state index contributed by atoms with van der Waals surface area (Å²) >= 11 is 6.01. The van der Waals surface area contributed by atoms with Gasteiger partial charge in [0.05, 0.1) is 5.02 Å². The molecule has 0 radical (unpaired) electrons. The highest BCUT2D eigenvalue weighted by Gasteiger charge is 2.25. The third kappa shape index (κ3) is 6.49. The summed E-state index contributed by atoms with van der Waals surface area (Å²) in [4.78, 5) is 12.0. The molecule has 0 aliphatic carbocycles. The Morgan fingerprint density at radius 1 is 1.26 bits per heavy atom. The minimum Gasteiger partial charge on any atom is -0.352 e. The number of carbonyl (C=O) groups excluding carboxylic acids is 1. The number of hydrogen-bond donors (Lipinski definition) is 2. The molecule has 0 bridgehead atoms. The highest BCUT2D eigenvalue weighted by Crippen LogP contribution is 2.24. The molecule has 7 heteroatoms. The van der Waals surface area contributed by atoms with Crippen LogP contribution in [0.1, 0.15) is 51.4 Å². The van der Waals surface area contributed by atoms with Gasteiger partial charge in [0.25, 0.3) is 5.91 Å². The van der Waals surface area contributed by atoms with Crippen LogP contribution in [-0.4, -0.2) is 26.4 Å². The zero-order valence-corrected chi connectivity index (χ0v) is 15.8. The average molecular weight is 361 g/mol. The molecule has 0 spiro atoms. The molecule has 23 heavy (non-hydrogen) atoms. The zero-order valence-electron chi connectivity index (χ0n) is 14.2. The quantitative estimate of drug-likeness (QED) is 0.818. The highest BCUT2D eigenvalue weighted by atomic mass is 35.5. The Kier molecular flexibility index (Phi) is 6.62. The summed E-state index contributed by atoms with van der Waals surface area (Å²) in [6.07, 6.45) is 0.857. The van der Waals surface area contributed by atoms with Crippen molar-refractivity contribution >= 4 is 27.5 Å². The van der Waals surface area contributed by atoms with Crippen molar-refractivity contribution in [3.63, 3.8) is 0 Å². The fourth-order valence-electron chi connectivity index (χ4n) is 1.89. The van der Waals surface area contributed by atoms with Crippen molar-refractivity contribution in [1.29, 1.82) is 0 Å². The van der Waals surface area contributed by atoms with Crippen LogP contribution >= 0.6 is 11.6 Å². The molecular formula is C16H25ClN2O3S. The van der Waals surface area contributed by atoms with E-state index in [1.165, 1.54) is 18.2 Å². The lowest BCUT2D eigenvalue weighted by Crippen LogP contribution is -2.40. The number of nitrogens with one attached hydrogen (secondary N) is 2. The smallest absolute Gasteiger partial charge is 0.251 e. The molecule has 5 nitrogen and oxygen atoms in total. The Morgan fingerprint density at radius 2 is 1.87 bits per heavy atom. The van der Waals surface area contributed by atoms with E-state index in [0.29, 0.717) is 12.5 Å². The van der Waals surface area contributed by atoms with Crippen molar-refractivity contribution in [2.75, 3.05) is 6.54 Å². The van der Waals surface area contributed by atoms with E-state index >= 15 is 0 Å². The number of hydrogen-bond acceptors (Lipinski definition) is 3. The van der Waals surface area contributed by atoms with E-state index in [2.05, 4.69) is 23.9 Å². The molecule has 1 rings (SSSR count). The van der Waals surface area contributed by atoms with Crippen LogP contribution in [0.4, 0.5) is 0 Å². The Labute approximate surface area is 143 Å². The van der Waals surface area contributed by atoms with Crippen LogP contribution in [0.25, 0.3) is 0 Å². The maximum Gasteiger partial charge on any atom is 0.251 e. The normalized spacial score (nSPS) is 12.5. The molecule has 130 valence electrons. The average Bonchev–Trinajstić information content (AvgIpc) is 2.35. The molecule has 1 amide bonds. The number of rotatable bonds is 6. The largest absolute Gasteiger partial charge is 0.352 e. The van der Waals surface area contributed by atoms with Gasteiger partial charge in [-0.2, -0.15) is 0 Å². The summed E-state index contributed by atoms with van der Waals surface area (Å²) in [5.41, 5.74) is -0.370. The second-order valence-corrected chi connectivity index (χ2v) is 9.00. The Morgan fingerprint density at radius 3 is 2.39 bits per heavy atom. The molecule has 0 unspecified atom stereocenters. The van der Waals surface area contributed by atoms with Crippen molar-refractivity contribution in [2.24, 2.45) is 5.92 Å². The SMILES string of the molecule is CC(C)CCNC(=O)c1ccc(Cl)c(S(=O)(=O)NC(C)(C)C)c1. The first-order valence-electron chi connectivity index (χ1n) is 7.54. The number of sulfonamides is 1. The van der Waals surface area contributed by atoms with Gasteiger partial charge in [-0.05, 0) is 51.3 Å². The fraction of sp³-hybridized carbons (Fsp3) is 0.562. The molecule has 1 aromatic carbocycles. The molecule has 0 aromatic heterocycles. The number of amides is 1. The fourth-order valence-corrected chi connectivity index (χ4v) is 3.83. The minimum atomic E-state index is -3.80. The molecule has 0 fully saturated rings. The van der Waals surface area contributed by atoms with Gasteiger partial charge in [0, 0.05) is 17.6 Å². The van der Waals surface area contributed by atoms with E-state index in [-0.39, 0.29) is 21.4 Å². The lowest BCUT2D eigenvalue weighted by Gasteiger charge is -2.21. The van der Waals surface area contributed by atoms with E-state index in [1.54, 1.807) is 20.8 Å². The summed E-state index contributed by atoms with van der Waals surface area (Å²) in [6.45, 7) is 9.89. The van der Waals surface area contributed by atoms with Crippen molar-refractivity contribution in [1.82, 2.24) is 10.0 Å². The van der Waals surface area contributed by atoms with Gasteiger partial charge in [-0.25, -0.2) is 13.1 Å². The first kappa shape index (κ1) is 19.9.